The zero-order valence-corrected chi connectivity index (χ0v) is 18.2. The Morgan fingerprint density at radius 2 is 1.65 bits per heavy atom. The van der Waals surface area contributed by atoms with Crippen LogP contribution in [0.25, 0.3) is 11.2 Å². The van der Waals surface area contributed by atoms with Crippen LogP contribution >= 0.6 is 0 Å². The van der Waals surface area contributed by atoms with Crippen molar-refractivity contribution in [3.05, 3.63) is 29.5 Å². The number of alkyl halides is 6. The molecule has 0 N–H and O–H groups in total. The lowest BCUT2D eigenvalue weighted by molar-refractivity contribution is -0.141. The van der Waals surface area contributed by atoms with Crippen LogP contribution in [-0.4, -0.2) is 55.9 Å². The van der Waals surface area contributed by atoms with Crippen molar-refractivity contribution < 1.29 is 26.3 Å². The molecule has 0 atom stereocenters. The highest BCUT2D eigenvalue weighted by Crippen LogP contribution is 2.43. The number of nitrogens with zero attached hydrogens (tertiary/aromatic N) is 8. The van der Waals surface area contributed by atoms with Gasteiger partial charge in [-0.15, -0.1) is 0 Å². The van der Waals surface area contributed by atoms with Crippen LogP contribution in [0.4, 0.5) is 38.0 Å². The lowest BCUT2D eigenvalue weighted by atomic mass is 9.79. The van der Waals surface area contributed by atoms with Gasteiger partial charge in [-0.3, -0.25) is 0 Å². The summed E-state index contributed by atoms with van der Waals surface area (Å²) in [5.41, 5.74) is -2.43. The van der Waals surface area contributed by atoms with Crippen molar-refractivity contribution in [2.75, 3.05) is 36.0 Å². The number of rotatable bonds is 3. The number of fused-ring (bicyclic) bond motifs is 1. The molecule has 0 aromatic carbocycles. The van der Waals surface area contributed by atoms with Crippen molar-refractivity contribution in [2.24, 2.45) is 5.41 Å². The van der Waals surface area contributed by atoms with E-state index in [0.29, 0.717) is 32.0 Å². The second-order valence-corrected chi connectivity index (χ2v) is 8.75. The highest BCUT2D eigenvalue weighted by Gasteiger charge is 2.49. The van der Waals surface area contributed by atoms with Gasteiger partial charge in [-0.05, 0) is 20.3 Å². The lowest BCUT2D eigenvalue weighted by Crippen LogP contribution is -2.58. The van der Waals surface area contributed by atoms with Gasteiger partial charge in [0.1, 0.15) is 28.7 Å². The fourth-order valence-corrected chi connectivity index (χ4v) is 4.67. The van der Waals surface area contributed by atoms with E-state index < -0.39 is 23.7 Å². The minimum absolute atomic E-state index is 0.0492. The van der Waals surface area contributed by atoms with E-state index in [4.69, 9.17) is 0 Å². The minimum Gasteiger partial charge on any atom is -0.355 e. The molecule has 1 spiro atoms. The molecule has 0 saturated carbocycles. The van der Waals surface area contributed by atoms with Crippen LogP contribution in [0.5, 0.6) is 0 Å². The topological polar surface area (TPSA) is 75.9 Å². The highest BCUT2D eigenvalue weighted by atomic mass is 19.4. The lowest BCUT2D eigenvalue weighted by Gasteiger charge is -2.48. The second kappa shape index (κ2) is 7.40. The fraction of sp³-hybridized carbons (Fsp3) is 0.550. The summed E-state index contributed by atoms with van der Waals surface area (Å²) in [5.74, 6) is 0.730. The maximum atomic E-state index is 13.3. The summed E-state index contributed by atoms with van der Waals surface area (Å²) in [6, 6.07) is 0.954. The number of hydrogen-bond acceptors (Lipinski definition) is 7. The van der Waals surface area contributed by atoms with Crippen LogP contribution in [0, 0.1) is 12.3 Å². The molecule has 8 nitrogen and oxygen atoms in total. The SMILES string of the molecule is CCn1nc(C(F)(F)F)c2ncc(N3CCC4(CN(c5cc(C(F)(F)F)nc(C)n5)C4)C3)nc21. The number of anilines is 2. The molecule has 0 unspecified atom stereocenters. The maximum absolute atomic E-state index is 13.3. The van der Waals surface area contributed by atoms with Crippen LogP contribution in [0.2, 0.25) is 0 Å². The summed E-state index contributed by atoms with van der Waals surface area (Å²) < 4.78 is 80.3. The predicted octanol–water partition coefficient (Wildman–Crippen LogP) is 3.70. The van der Waals surface area contributed by atoms with E-state index in [9.17, 15) is 26.3 Å². The molecule has 3 aromatic rings. The Morgan fingerprint density at radius 1 is 0.941 bits per heavy atom. The van der Waals surface area contributed by atoms with Crippen molar-refractivity contribution in [1.29, 1.82) is 0 Å². The van der Waals surface area contributed by atoms with Crippen molar-refractivity contribution in [3.8, 4) is 0 Å². The third-order valence-corrected chi connectivity index (χ3v) is 6.25. The van der Waals surface area contributed by atoms with Gasteiger partial charge in [0.15, 0.2) is 11.3 Å². The van der Waals surface area contributed by atoms with Gasteiger partial charge in [-0.25, -0.2) is 24.6 Å². The summed E-state index contributed by atoms with van der Waals surface area (Å²) >= 11 is 0. The summed E-state index contributed by atoms with van der Waals surface area (Å²) in [6.07, 6.45) is -7.10. The molecule has 14 heteroatoms. The number of aromatic nitrogens is 6. The Morgan fingerprint density at radius 3 is 2.29 bits per heavy atom. The van der Waals surface area contributed by atoms with Gasteiger partial charge in [-0.1, -0.05) is 0 Å². The number of halogens is 6. The molecule has 0 bridgehead atoms. The Bertz CT molecular complexity index is 1240. The van der Waals surface area contributed by atoms with Crippen molar-refractivity contribution in [2.45, 2.75) is 39.2 Å². The molecule has 182 valence electrons. The van der Waals surface area contributed by atoms with Crippen LogP contribution in [0.15, 0.2) is 12.3 Å². The summed E-state index contributed by atoms with van der Waals surface area (Å²) in [5, 5.41) is 3.63. The van der Waals surface area contributed by atoms with E-state index >= 15 is 0 Å². The molecular formula is C20H20F6N8. The maximum Gasteiger partial charge on any atom is 0.437 e. The van der Waals surface area contributed by atoms with Gasteiger partial charge in [0.25, 0.3) is 0 Å². The molecule has 2 saturated heterocycles. The molecule has 34 heavy (non-hydrogen) atoms. The van der Waals surface area contributed by atoms with Gasteiger partial charge < -0.3 is 9.80 Å². The first-order chi connectivity index (χ1) is 15.9. The zero-order valence-electron chi connectivity index (χ0n) is 18.2. The minimum atomic E-state index is -4.63. The van der Waals surface area contributed by atoms with Gasteiger partial charge in [0.05, 0.1) is 6.20 Å². The van der Waals surface area contributed by atoms with Crippen LogP contribution in [0.3, 0.4) is 0 Å². The normalized spacial score (nSPS) is 18.2. The Labute approximate surface area is 189 Å². The van der Waals surface area contributed by atoms with E-state index in [1.54, 1.807) is 11.8 Å². The molecule has 5 rings (SSSR count). The van der Waals surface area contributed by atoms with E-state index in [-0.39, 0.29) is 34.8 Å². The quantitative estimate of drug-likeness (QED) is 0.523. The summed E-state index contributed by atoms with van der Waals surface area (Å²) in [7, 11) is 0. The fourth-order valence-electron chi connectivity index (χ4n) is 4.67. The van der Waals surface area contributed by atoms with Crippen molar-refractivity contribution in [1.82, 2.24) is 29.7 Å². The Hall–Kier alpha value is -3.19. The van der Waals surface area contributed by atoms with E-state index in [2.05, 4.69) is 25.0 Å². The third-order valence-electron chi connectivity index (χ3n) is 6.25. The Kier molecular flexibility index (Phi) is 4.92. The van der Waals surface area contributed by atoms with E-state index in [1.165, 1.54) is 17.8 Å². The first-order valence-electron chi connectivity index (χ1n) is 10.6. The predicted molar refractivity (Wildman–Crippen MR) is 109 cm³/mol. The molecule has 2 aliphatic heterocycles. The first kappa shape index (κ1) is 22.6. The van der Waals surface area contributed by atoms with E-state index in [1.807, 2.05) is 4.90 Å². The van der Waals surface area contributed by atoms with Crippen molar-refractivity contribution >= 4 is 22.8 Å². The van der Waals surface area contributed by atoms with E-state index in [0.717, 1.165) is 12.5 Å². The smallest absolute Gasteiger partial charge is 0.355 e. The molecular weight excluding hydrogens is 466 g/mol. The average molecular weight is 486 g/mol. The van der Waals surface area contributed by atoms with Crippen LogP contribution in [-0.2, 0) is 18.9 Å². The molecule has 0 amide bonds. The summed E-state index contributed by atoms with van der Waals surface area (Å²) in [4.78, 5) is 19.8. The van der Waals surface area contributed by atoms with Crippen molar-refractivity contribution in [3.63, 3.8) is 0 Å². The van der Waals surface area contributed by atoms with Gasteiger partial charge in [-0.2, -0.15) is 31.4 Å². The number of aryl methyl sites for hydroxylation is 2. The molecule has 3 aromatic heterocycles. The number of hydrogen-bond donors (Lipinski definition) is 0. The Balaban J connectivity index is 1.34. The van der Waals surface area contributed by atoms with Crippen LogP contribution in [0.1, 0.15) is 30.6 Å². The highest BCUT2D eigenvalue weighted by molar-refractivity contribution is 5.75. The monoisotopic (exact) mass is 486 g/mol. The summed E-state index contributed by atoms with van der Waals surface area (Å²) in [6.45, 7) is 5.50. The van der Waals surface area contributed by atoms with Gasteiger partial charge in [0, 0.05) is 44.2 Å². The first-order valence-corrected chi connectivity index (χ1v) is 10.6. The van der Waals surface area contributed by atoms with Gasteiger partial charge >= 0.3 is 12.4 Å². The molecule has 0 aliphatic carbocycles. The van der Waals surface area contributed by atoms with Crippen LogP contribution < -0.4 is 9.80 Å². The molecule has 2 fully saturated rings. The largest absolute Gasteiger partial charge is 0.437 e. The molecule has 2 aliphatic rings. The zero-order chi connectivity index (χ0) is 24.5. The molecule has 5 heterocycles. The average Bonchev–Trinajstić information content (AvgIpc) is 3.33. The standard InChI is InChI=1S/C20H20F6N8/c1-3-34-17-15(16(31-34)20(24,25)26)27-7-14(30-17)32-5-4-18(8-32)9-33(10-18)13-6-12(19(21,22)23)28-11(2)29-13/h6-7H,3-5,8-10H2,1-2H3. The second-order valence-electron chi connectivity index (χ2n) is 8.75. The molecule has 0 radical (unpaired) electrons. The van der Waals surface area contributed by atoms with Gasteiger partial charge in [0.2, 0.25) is 0 Å². The third kappa shape index (κ3) is 3.78.